The summed E-state index contributed by atoms with van der Waals surface area (Å²) in [5, 5.41) is 19.3. The van der Waals surface area contributed by atoms with Gasteiger partial charge in [0, 0.05) is 34.4 Å². The Hall–Kier alpha value is -2.73. The van der Waals surface area contributed by atoms with Gasteiger partial charge in [0.25, 0.3) is 0 Å². The highest BCUT2D eigenvalue weighted by Gasteiger charge is 2.18. The fraction of sp³-hybridized carbons (Fsp3) is 0.292. The zero-order valence-electron chi connectivity index (χ0n) is 18.0. The highest BCUT2D eigenvalue weighted by molar-refractivity contribution is 7.39. The second-order valence-electron chi connectivity index (χ2n) is 7.79. The van der Waals surface area contributed by atoms with Gasteiger partial charge in [0.15, 0.2) is 8.03 Å². The summed E-state index contributed by atoms with van der Waals surface area (Å²) in [6, 6.07) is 14.5. The number of aromatic nitrogens is 1. The first-order valence-corrected chi connectivity index (χ1v) is 11.9. The lowest BCUT2D eigenvalue weighted by Gasteiger charge is -2.14. The highest BCUT2D eigenvalue weighted by atomic mass is 31.1. The molecular formula is C24H27FNO5P. The largest absolute Gasteiger partial charge is 0.481 e. The SMILES string of the molecule is CC(C)n1c(C=CCO[PH](=O)CC(O)CC(=O)O)c(-c2ccc(F)cc2)c2ccccc21. The maximum atomic E-state index is 13.5. The van der Waals surface area contributed by atoms with E-state index in [2.05, 4.69) is 18.4 Å². The van der Waals surface area contributed by atoms with Gasteiger partial charge in [0.05, 0.1) is 19.1 Å². The second kappa shape index (κ2) is 10.7. The van der Waals surface area contributed by atoms with Crippen LogP contribution in [0.2, 0.25) is 0 Å². The lowest BCUT2D eigenvalue weighted by molar-refractivity contribution is -0.138. The number of hydrogen-bond acceptors (Lipinski definition) is 4. The van der Waals surface area contributed by atoms with E-state index in [4.69, 9.17) is 9.63 Å². The molecule has 0 fully saturated rings. The summed E-state index contributed by atoms with van der Waals surface area (Å²) >= 11 is 0. The summed E-state index contributed by atoms with van der Waals surface area (Å²) in [5.74, 6) is -1.45. The lowest BCUT2D eigenvalue weighted by atomic mass is 10.0. The van der Waals surface area contributed by atoms with Crippen LogP contribution in [0.5, 0.6) is 0 Å². The third kappa shape index (κ3) is 5.74. The molecular weight excluding hydrogens is 432 g/mol. The van der Waals surface area contributed by atoms with E-state index in [9.17, 15) is 18.9 Å². The molecule has 1 aromatic heterocycles. The average Bonchev–Trinajstić information content (AvgIpc) is 3.05. The molecule has 3 aromatic rings. The van der Waals surface area contributed by atoms with E-state index in [1.54, 1.807) is 18.2 Å². The predicted octanol–water partition coefficient (Wildman–Crippen LogP) is 5.37. The molecule has 0 saturated heterocycles. The molecule has 0 bridgehead atoms. The second-order valence-corrected chi connectivity index (χ2v) is 9.23. The highest BCUT2D eigenvalue weighted by Crippen LogP contribution is 2.38. The van der Waals surface area contributed by atoms with Crippen LogP contribution >= 0.6 is 8.03 Å². The number of nitrogens with zero attached hydrogens (tertiary/aromatic N) is 1. The maximum Gasteiger partial charge on any atom is 0.305 e. The number of halogens is 1. The van der Waals surface area contributed by atoms with Gasteiger partial charge >= 0.3 is 5.97 Å². The molecule has 0 saturated carbocycles. The molecule has 6 nitrogen and oxygen atoms in total. The van der Waals surface area contributed by atoms with Gasteiger partial charge in [-0.1, -0.05) is 36.4 Å². The molecule has 2 aromatic carbocycles. The number of carboxylic acids is 1. The van der Waals surface area contributed by atoms with Gasteiger partial charge in [0.1, 0.15) is 5.82 Å². The van der Waals surface area contributed by atoms with Crippen LogP contribution in [0.15, 0.2) is 54.6 Å². The number of aliphatic hydroxyl groups is 1. The van der Waals surface area contributed by atoms with Gasteiger partial charge in [-0.2, -0.15) is 0 Å². The molecule has 0 aliphatic heterocycles. The Balaban J connectivity index is 1.89. The number of carbonyl (C=O) groups is 1. The van der Waals surface area contributed by atoms with Crippen LogP contribution in [0.3, 0.4) is 0 Å². The molecule has 2 atom stereocenters. The van der Waals surface area contributed by atoms with E-state index in [1.165, 1.54) is 12.1 Å². The monoisotopic (exact) mass is 459 g/mol. The summed E-state index contributed by atoms with van der Waals surface area (Å²) in [5.41, 5.74) is 3.82. The first kappa shape index (κ1) is 23.9. The van der Waals surface area contributed by atoms with Crippen LogP contribution in [0, 0.1) is 5.82 Å². The minimum absolute atomic E-state index is 0.0556. The van der Waals surface area contributed by atoms with Crippen molar-refractivity contribution < 1.29 is 28.5 Å². The molecule has 0 spiro atoms. The van der Waals surface area contributed by atoms with Gasteiger partial charge in [-0.25, -0.2) is 4.39 Å². The smallest absolute Gasteiger partial charge is 0.305 e. The van der Waals surface area contributed by atoms with Crippen LogP contribution in [0.1, 0.15) is 32.0 Å². The third-order valence-corrected chi connectivity index (χ3v) is 6.32. The number of carboxylic acid groups (broad SMARTS) is 1. The molecule has 1 heterocycles. The Morgan fingerprint density at radius 1 is 1.19 bits per heavy atom. The zero-order chi connectivity index (χ0) is 23.3. The van der Waals surface area contributed by atoms with Gasteiger partial charge in [0.2, 0.25) is 0 Å². The summed E-state index contributed by atoms with van der Waals surface area (Å²) in [6.07, 6.45) is 1.77. The molecule has 0 amide bonds. The number of hydrogen-bond donors (Lipinski definition) is 2. The quantitative estimate of drug-likeness (QED) is 0.398. The first-order valence-electron chi connectivity index (χ1n) is 10.4. The van der Waals surface area contributed by atoms with Crippen molar-refractivity contribution in [1.29, 1.82) is 0 Å². The minimum atomic E-state index is -2.57. The van der Waals surface area contributed by atoms with Crippen molar-refractivity contribution in [3.8, 4) is 11.1 Å². The zero-order valence-corrected chi connectivity index (χ0v) is 19.0. The number of para-hydroxylation sites is 1. The van der Waals surface area contributed by atoms with Crippen molar-refractivity contribution in [2.24, 2.45) is 0 Å². The van der Waals surface area contributed by atoms with Crippen LogP contribution in [0.25, 0.3) is 28.1 Å². The topological polar surface area (TPSA) is 88.8 Å². The molecule has 0 aliphatic carbocycles. The lowest BCUT2D eigenvalue weighted by Crippen LogP contribution is -2.15. The van der Waals surface area contributed by atoms with Gasteiger partial charge in [-0.05, 0) is 43.7 Å². The normalized spacial score (nSPS) is 13.8. The molecule has 2 unspecified atom stereocenters. The molecule has 0 radical (unpaired) electrons. The summed E-state index contributed by atoms with van der Waals surface area (Å²) in [4.78, 5) is 10.6. The van der Waals surface area contributed by atoms with Crippen molar-refractivity contribution in [1.82, 2.24) is 4.57 Å². The molecule has 0 aliphatic rings. The number of rotatable bonds is 10. The van der Waals surface area contributed by atoms with Crippen molar-refractivity contribution in [3.63, 3.8) is 0 Å². The van der Waals surface area contributed by atoms with Crippen molar-refractivity contribution in [2.75, 3.05) is 12.8 Å². The fourth-order valence-corrected chi connectivity index (χ4v) is 4.68. The Morgan fingerprint density at radius 3 is 2.53 bits per heavy atom. The van der Waals surface area contributed by atoms with Crippen LogP contribution < -0.4 is 0 Å². The van der Waals surface area contributed by atoms with E-state index < -0.39 is 26.5 Å². The first-order chi connectivity index (χ1) is 15.3. The number of aliphatic carboxylic acids is 1. The Morgan fingerprint density at radius 2 is 1.88 bits per heavy atom. The third-order valence-electron chi connectivity index (χ3n) is 5.03. The number of benzene rings is 2. The van der Waals surface area contributed by atoms with Crippen molar-refractivity contribution in [2.45, 2.75) is 32.4 Å². The van der Waals surface area contributed by atoms with E-state index in [1.807, 2.05) is 30.3 Å². The minimum Gasteiger partial charge on any atom is -0.481 e. The average molecular weight is 459 g/mol. The van der Waals surface area contributed by atoms with Gasteiger partial charge in [-0.3, -0.25) is 9.36 Å². The molecule has 8 heteroatoms. The van der Waals surface area contributed by atoms with E-state index in [-0.39, 0.29) is 24.6 Å². The molecule has 170 valence electrons. The van der Waals surface area contributed by atoms with Gasteiger partial charge in [-0.15, -0.1) is 0 Å². The van der Waals surface area contributed by atoms with E-state index >= 15 is 0 Å². The number of aliphatic hydroxyl groups excluding tert-OH is 1. The van der Waals surface area contributed by atoms with Crippen LogP contribution in [0.4, 0.5) is 4.39 Å². The van der Waals surface area contributed by atoms with Crippen molar-refractivity contribution in [3.05, 3.63) is 66.1 Å². The standard InChI is InChI=1S/C24H27FNO5P/c1-16(2)26-21-7-4-3-6-20(21)24(17-9-11-18(25)12-10-17)22(26)8-5-13-31-32(30)15-19(27)14-23(28)29/h3-12,16,19,27,32H,13-15H2,1-2H3,(H,28,29). The van der Waals surface area contributed by atoms with Crippen molar-refractivity contribution >= 4 is 31.0 Å². The van der Waals surface area contributed by atoms with Gasteiger partial charge < -0.3 is 19.3 Å². The molecule has 3 rings (SSSR count). The Bertz CT molecular complexity index is 1140. The van der Waals surface area contributed by atoms with E-state index in [0.717, 1.165) is 27.7 Å². The predicted molar refractivity (Wildman–Crippen MR) is 125 cm³/mol. The van der Waals surface area contributed by atoms with E-state index in [0.29, 0.717) is 0 Å². The number of fused-ring (bicyclic) bond motifs is 1. The van der Waals surface area contributed by atoms with Crippen LogP contribution in [-0.4, -0.2) is 39.6 Å². The summed E-state index contributed by atoms with van der Waals surface area (Å²) in [6.45, 7) is 4.22. The van der Waals surface area contributed by atoms with Crippen LogP contribution in [-0.2, 0) is 13.9 Å². The molecule has 2 N–H and O–H groups in total. The fourth-order valence-electron chi connectivity index (χ4n) is 3.75. The maximum absolute atomic E-state index is 13.5. The summed E-state index contributed by atoms with van der Waals surface area (Å²) in [7, 11) is -2.57. The molecule has 32 heavy (non-hydrogen) atoms. The Kier molecular flexibility index (Phi) is 8.02. The summed E-state index contributed by atoms with van der Waals surface area (Å²) < 4.78 is 33.0. The Labute approximate surface area is 186 Å².